The van der Waals surface area contributed by atoms with Gasteiger partial charge in [-0.15, -0.1) is 0 Å². The van der Waals surface area contributed by atoms with Crippen LogP contribution in [0.15, 0.2) is 29.8 Å². The smallest absolute Gasteiger partial charge is 0.190 e. The van der Waals surface area contributed by atoms with Crippen molar-refractivity contribution in [3.05, 3.63) is 47.0 Å². The van der Waals surface area contributed by atoms with Crippen LogP contribution in [0.3, 0.4) is 0 Å². The van der Waals surface area contributed by atoms with Gasteiger partial charge in [-0.1, -0.05) is 6.07 Å². The summed E-state index contributed by atoms with van der Waals surface area (Å²) >= 11 is 0. The summed E-state index contributed by atoms with van der Waals surface area (Å²) in [6, 6.07) is 9.21. The first-order chi connectivity index (χ1) is 13.3. The van der Waals surface area contributed by atoms with Gasteiger partial charge >= 0.3 is 0 Å². The molecular weight excluding hydrogens is 360 g/mol. The van der Waals surface area contributed by atoms with Gasteiger partial charge in [0.25, 0.3) is 0 Å². The van der Waals surface area contributed by atoms with E-state index in [-0.39, 0.29) is 17.3 Å². The van der Waals surface area contributed by atoms with E-state index >= 15 is 0 Å². The van der Waals surface area contributed by atoms with Gasteiger partial charge in [0.15, 0.2) is 5.41 Å². The monoisotopic (exact) mass is 380 g/mol. The second-order valence-corrected chi connectivity index (χ2v) is 7.68. The van der Waals surface area contributed by atoms with Crippen LogP contribution in [-0.2, 0) is 0 Å². The molecule has 0 radical (unpaired) electrons. The van der Waals surface area contributed by atoms with Gasteiger partial charge < -0.3 is 10.3 Å². The van der Waals surface area contributed by atoms with Crippen LogP contribution in [0.1, 0.15) is 25.3 Å². The van der Waals surface area contributed by atoms with Crippen LogP contribution in [-0.4, -0.2) is 24.8 Å². The lowest BCUT2D eigenvalue weighted by Gasteiger charge is -2.47. The van der Waals surface area contributed by atoms with Crippen molar-refractivity contribution in [2.75, 3.05) is 13.1 Å². The maximum absolute atomic E-state index is 14.8. The fraction of sp³-hybridized carbons (Fsp3) is 0.429. The lowest BCUT2D eigenvalue weighted by molar-refractivity contribution is -0.920. The van der Waals surface area contributed by atoms with Gasteiger partial charge in [-0.25, -0.2) is 8.78 Å². The third kappa shape index (κ3) is 2.78. The average molecular weight is 380 g/mol. The van der Waals surface area contributed by atoms with E-state index in [2.05, 4.69) is 6.07 Å². The van der Waals surface area contributed by atoms with Crippen molar-refractivity contribution in [2.24, 2.45) is 17.3 Å². The van der Waals surface area contributed by atoms with Crippen LogP contribution in [0.5, 0.6) is 0 Å². The molecule has 0 amide bonds. The number of hydrogen-bond acceptors (Lipinski definition) is 4. The zero-order valence-corrected chi connectivity index (χ0v) is 15.6. The maximum Gasteiger partial charge on any atom is 0.190 e. The lowest BCUT2D eigenvalue weighted by Crippen LogP contribution is -3.16. The maximum atomic E-state index is 14.8. The molecule has 5 nitrogen and oxygen atoms in total. The molecule has 3 rings (SSSR count). The zero-order chi connectivity index (χ0) is 20.6. The van der Waals surface area contributed by atoms with Gasteiger partial charge in [-0.2, -0.15) is 15.8 Å². The number of benzene rings is 1. The third-order valence-corrected chi connectivity index (χ3v) is 6.02. The molecule has 1 heterocycles. The van der Waals surface area contributed by atoms with Crippen molar-refractivity contribution in [1.29, 1.82) is 21.2 Å². The molecule has 0 saturated heterocycles. The summed E-state index contributed by atoms with van der Waals surface area (Å²) in [5, 5.41) is 38.0. The number of quaternary nitrogens is 1. The summed E-state index contributed by atoms with van der Waals surface area (Å²) < 4.78 is 28.2. The Labute approximate surface area is 162 Å². The molecule has 1 aromatic carbocycles. The number of rotatable bonds is 2. The van der Waals surface area contributed by atoms with E-state index in [1.54, 1.807) is 0 Å². The van der Waals surface area contributed by atoms with Crippen molar-refractivity contribution >= 4 is 5.71 Å². The molecule has 4 atom stereocenters. The second kappa shape index (κ2) is 7.15. The molecule has 142 valence electrons. The van der Waals surface area contributed by atoms with E-state index in [1.807, 2.05) is 32.1 Å². The Morgan fingerprint density at radius 1 is 1.21 bits per heavy atom. The number of nitrogens with one attached hydrogen (secondary N) is 2. The summed E-state index contributed by atoms with van der Waals surface area (Å²) in [5.41, 5.74) is -1.62. The van der Waals surface area contributed by atoms with Crippen LogP contribution in [0.4, 0.5) is 8.78 Å². The van der Waals surface area contributed by atoms with Crippen molar-refractivity contribution in [1.82, 2.24) is 0 Å². The van der Waals surface area contributed by atoms with Gasteiger partial charge in [-0.3, -0.25) is 0 Å². The largest absolute Gasteiger partial charge is 0.329 e. The summed E-state index contributed by atoms with van der Waals surface area (Å²) in [4.78, 5) is 1.18. The molecule has 2 N–H and O–H groups in total. The normalized spacial score (nSPS) is 28.5. The standard InChI is InChI=1S/C21H19F2N5/c1-12(2)28-6-5-14-16(8-24)20(27)21(10-25,11-26)19(17(14)9-28)15-4-3-13(22)7-18(15)23/h3-5,7,12,16-17,19,27H,6,9H2,1-2H3/p+1/t16?,17-,19+/m1/s1. The second-order valence-electron chi connectivity index (χ2n) is 7.68. The molecule has 0 bridgehead atoms. The molecule has 0 aromatic heterocycles. The molecule has 2 aliphatic rings. The Hall–Kier alpha value is -3.08. The van der Waals surface area contributed by atoms with Crippen LogP contribution in [0, 0.1) is 68.3 Å². The Kier molecular flexibility index (Phi) is 5.02. The van der Waals surface area contributed by atoms with E-state index < -0.39 is 34.8 Å². The van der Waals surface area contributed by atoms with E-state index in [0.29, 0.717) is 18.7 Å². The Bertz CT molecular complexity index is 962. The molecule has 28 heavy (non-hydrogen) atoms. The molecule has 1 aliphatic heterocycles. The first-order valence-electron chi connectivity index (χ1n) is 9.11. The number of nitriles is 3. The van der Waals surface area contributed by atoms with Crippen molar-refractivity contribution < 1.29 is 13.7 Å². The van der Waals surface area contributed by atoms with E-state index in [0.717, 1.165) is 12.1 Å². The van der Waals surface area contributed by atoms with Gasteiger partial charge in [0, 0.05) is 17.9 Å². The third-order valence-electron chi connectivity index (χ3n) is 6.02. The Morgan fingerprint density at radius 2 is 1.89 bits per heavy atom. The first kappa shape index (κ1) is 19.7. The minimum absolute atomic E-state index is 0.0338. The van der Waals surface area contributed by atoms with E-state index in [1.165, 1.54) is 11.0 Å². The van der Waals surface area contributed by atoms with E-state index in [4.69, 9.17) is 5.41 Å². The fourth-order valence-electron chi connectivity index (χ4n) is 4.49. The van der Waals surface area contributed by atoms with Crippen molar-refractivity contribution in [3.8, 4) is 18.2 Å². The highest BCUT2D eigenvalue weighted by atomic mass is 19.1. The molecule has 0 spiro atoms. The minimum atomic E-state index is -1.99. The summed E-state index contributed by atoms with van der Waals surface area (Å²) in [5.74, 6) is -4.04. The molecule has 1 saturated carbocycles. The number of halogens is 2. The Balaban J connectivity index is 2.28. The molecule has 1 aliphatic carbocycles. The summed E-state index contributed by atoms with van der Waals surface area (Å²) in [7, 11) is 0. The number of hydrogen-bond donors (Lipinski definition) is 2. The summed E-state index contributed by atoms with van der Waals surface area (Å²) in [6.45, 7) is 5.23. The number of fused-ring (bicyclic) bond motifs is 1. The summed E-state index contributed by atoms with van der Waals surface area (Å²) in [6.07, 6.45) is 1.89. The highest BCUT2D eigenvalue weighted by molar-refractivity contribution is 6.00. The van der Waals surface area contributed by atoms with Crippen LogP contribution in [0.2, 0.25) is 0 Å². The van der Waals surface area contributed by atoms with Gasteiger partial charge in [0.05, 0.1) is 43.1 Å². The predicted molar refractivity (Wildman–Crippen MR) is 97.0 cm³/mol. The molecular formula is C21H20F2N5+. The SMILES string of the molecule is CC(C)[NH+]1CC=C2C(C#N)C(=N)C(C#N)(C#N)[C@@H](c3ccc(F)cc3F)[C@@H]2C1. The van der Waals surface area contributed by atoms with Crippen LogP contribution >= 0.6 is 0 Å². The van der Waals surface area contributed by atoms with Crippen LogP contribution in [0.25, 0.3) is 0 Å². The highest BCUT2D eigenvalue weighted by Gasteiger charge is 2.59. The van der Waals surface area contributed by atoms with Gasteiger partial charge in [0.1, 0.15) is 17.6 Å². The van der Waals surface area contributed by atoms with Crippen LogP contribution < -0.4 is 4.90 Å². The zero-order valence-electron chi connectivity index (χ0n) is 15.6. The number of nitrogens with zero attached hydrogens (tertiary/aromatic N) is 3. The van der Waals surface area contributed by atoms with Crippen molar-refractivity contribution in [2.45, 2.75) is 25.8 Å². The highest BCUT2D eigenvalue weighted by Crippen LogP contribution is 2.52. The first-order valence-corrected chi connectivity index (χ1v) is 9.11. The molecule has 1 aromatic rings. The van der Waals surface area contributed by atoms with E-state index in [9.17, 15) is 24.6 Å². The van der Waals surface area contributed by atoms with Gasteiger partial charge in [-0.05, 0) is 37.1 Å². The topological polar surface area (TPSA) is 99.7 Å². The van der Waals surface area contributed by atoms with Gasteiger partial charge in [0.2, 0.25) is 0 Å². The lowest BCUT2D eigenvalue weighted by atomic mass is 9.54. The molecule has 1 fully saturated rings. The average Bonchev–Trinajstić information content (AvgIpc) is 2.67. The molecule has 2 unspecified atom stereocenters. The predicted octanol–water partition coefficient (Wildman–Crippen LogP) is 2.10. The molecule has 7 heteroatoms. The Morgan fingerprint density at radius 3 is 2.43 bits per heavy atom. The fourth-order valence-corrected chi connectivity index (χ4v) is 4.49. The quantitative estimate of drug-likeness (QED) is 0.769. The van der Waals surface area contributed by atoms with Crippen molar-refractivity contribution in [3.63, 3.8) is 0 Å². The minimum Gasteiger partial charge on any atom is -0.329 e.